The molecule has 6 aromatic carbocycles. The summed E-state index contributed by atoms with van der Waals surface area (Å²) in [6, 6.07) is 50.8. The molecule has 0 N–H and O–H groups in total. The van der Waals surface area contributed by atoms with Gasteiger partial charge in [0.15, 0.2) is 0 Å². The van der Waals surface area contributed by atoms with E-state index in [2.05, 4.69) is 211 Å². The minimum atomic E-state index is -2.34. The summed E-state index contributed by atoms with van der Waals surface area (Å²) in [5.74, 6) is 0.329. The average Bonchev–Trinajstić information content (AvgIpc) is 3.64. The maximum Gasteiger partial charge on any atom is 0.133 e. The van der Waals surface area contributed by atoms with Gasteiger partial charge in [0.1, 0.15) is 6.17 Å². The first-order valence-electron chi connectivity index (χ1n) is 21.9. The second-order valence-corrected chi connectivity index (χ2v) is 21.8. The highest BCUT2D eigenvalue weighted by Gasteiger charge is 2.42. The molecule has 0 saturated heterocycles. The molecule has 7 aromatic rings. The van der Waals surface area contributed by atoms with Crippen LogP contribution in [0.25, 0.3) is 33.0 Å². The summed E-state index contributed by atoms with van der Waals surface area (Å²) in [7, 11) is 2.26. The van der Waals surface area contributed by atoms with Gasteiger partial charge in [-0.1, -0.05) is 182 Å². The largest absolute Gasteiger partial charge is 0.348 e. The molecule has 0 saturated carbocycles. The van der Waals surface area contributed by atoms with Crippen molar-refractivity contribution in [3.8, 4) is 22.3 Å². The van der Waals surface area contributed by atoms with E-state index in [9.17, 15) is 0 Å². The summed E-state index contributed by atoms with van der Waals surface area (Å²) in [5, 5.41) is 4.75. The molecule has 300 valence electrons. The number of benzene rings is 6. The van der Waals surface area contributed by atoms with Crippen molar-refractivity contribution < 1.29 is 0 Å². The monoisotopic (exact) mass is 843 g/mol. The van der Waals surface area contributed by atoms with Gasteiger partial charge >= 0.3 is 0 Å². The zero-order valence-corrected chi connectivity index (χ0v) is 36.5. The number of allylic oxidation sites excluding steroid dienone is 14. The lowest BCUT2D eigenvalue weighted by Gasteiger charge is -2.39. The quantitative estimate of drug-likeness (QED) is 0.155. The number of hydrogen-bond acceptors (Lipinski definition) is 4. The van der Waals surface area contributed by atoms with E-state index in [4.69, 9.17) is 16.8 Å². The minimum absolute atomic E-state index is 0.0416. The molecule has 3 heterocycles. The fourth-order valence-corrected chi connectivity index (χ4v) is 14.7. The van der Waals surface area contributed by atoms with Gasteiger partial charge in [0.25, 0.3) is 0 Å². The van der Waals surface area contributed by atoms with Crippen LogP contribution in [0.1, 0.15) is 23.7 Å². The van der Waals surface area contributed by atoms with Gasteiger partial charge in [0.05, 0.1) is 28.5 Å². The van der Waals surface area contributed by atoms with Gasteiger partial charge in [-0.3, -0.25) is 4.98 Å². The molecule has 0 fully saturated rings. The summed E-state index contributed by atoms with van der Waals surface area (Å²) in [5.41, 5.74) is 20.8. The van der Waals surface area contributed by atoms with Crippen molar-refractivity contribution in [3.05, 3.63) is 245 Å². The molecule has 1 aromatic heterocycles. The number of aromatic nitrogens is 1. The standard InChI is InChI=1S/C58H42N3PS/c1-60-52-31-19-37(33-42-23-22-40-21-20-38-11-10-12-39-24-28-47(42)56(40)55(38)39)34-53(52)61-57-48-29-25-41(35-43(48)26-30-50(57)49-17-8-9-18-51(49)58(60)61)44-27-32-54(59-36-44)62(63,45-13-4-2-5-14-45)46-15-6-3-7-16-46/h2-11,13-32,34-36,56,58H,12,33H2,1H3. The second-order valence-electron chi connectivity index (χ2n) is 17.4. The number of nitrogens with zero attached hydrogens (tertiary/aromatic N) is 3. The number of hydrogen-bond donors (Lipinski definition) is 0. The molecule has 0 radical (unpaired) electrons. The first kappa shape index (κ1) is 36.8. The van der Waals surface area contributed by atoms with Crippen molar-refractivity contribution >= 4 is 61.7 Å². The Morgan fingerprint density at radius 1 is 0.683 bits per heavy atom. The molecule has 2 atom stereocenters. The van der Waals surface area contributed by atoms with E-state index in [1.54, 1.807) is 0 Å². The van der Waals surface area contributed by atoms with Crippen LogP contribution >= 0.6 is 6.04 Å². The Morgan fingerprint density at radius 3 is 2.29 bits per heavy atom. The number of pyridine rings is 1. The minimum Gasteiger partial charge on any atom is -0.348 e. The molecule has 13 rings (SSSR count). The highest BCUT2D eigenvalue weighted by atomic mass is 32.4. The summed E-state index contributed by atoms with van der Waals surface area (Å²) in [4.78, 5) is 10.2. The van der Waals surface area contributed by atoms with Crippen LogP contribution < -0.4 is 25.8 Å². The van der Waals surface area contributed by atoms with E-state index in [1.165, 1.54) is 83.5 Å². The van der Waals surface area contributed by atoms with Gasteiger partial charge < -0.3 is 9.80 Å². The van der Waals surface area contributed by atoms with E-state index in [0.717, 1.165) is 40.0 Å². The number of rotatable bonds is 6. The van der Waals surface area contributed by atoms with Crippen LogP contribution in [0, 0.1) is 5.92 Å². The molecule has 5 heteroatoms. The zero-order valence-electron chi connectivity index (χ0n) is 34.8. The average molecular weight is 844 g/mol. The van der Waals surface area contributed by atoms with Crippen LogP contribution in [-0.2, 0) is 18.2 Å². The van der Waals surface area contributed by atoms with Crippen molar-refractivity contribution in [1.82, 2.24) is 4.98 Å². The molecule has 6 aliphatic rings. The topological polar surface area (TPSA) is 19.4 Å². The van der Waals surface area contributed by atoms with Crippen molar-refractivity contribution in [2.24, 2.45) is 5.92 Å². The Morgan fingerprint density at radius 2 is 1.48 bits per heavy atom. The van der Waals surface area contributed by atoms with Crippen molar-refractivity contribution in [2.75, 3.05) is 16.8 Å². The summed E-state index contributed by atoms with van der Waals surface area (Å²) in [6.45, 7) is 0. The first-order chi connectivity index (χ1) is 31.0. The highest BCUT2D eigenvalue weighted by Crippen LogP contribution is 2.59. The van der Waals surface area contributed by atoms with Crippen molar-refractivity contribution in [1.29, 1.82) is 0 Å². The zero-order chi connectivity index (χ0) is 41.8. The third-order valence-electron chi connectivity index (χ3n) is 14.1. The number of fused-ring (bicyclic) bond motifs is 10. The van der Waals surface area contributed by atoms with Crippen molar-refractivity contribution in [2.45, 2.75) is 19.0 Å². The van der Waals surface area contributed by atoms with Gasteiger partial charge in [0, 0.05) is 41.2 Å². The fraction of sp³-hybridized carbons (Fsp3) is 0.0862. The molecular weight excluding hydrogens is 802 g/mol. The van der Waals surface area contributed by atoms with E-state index in [1.807, 2.05) is 6.20 Å². The summed E-state index contributed by atoms with van der Waals surface area (Å²) < 4.78 is 0. The lowest BCUT2D eigenvalue weighted by Crippen LogP contribution is -2.33. The van der Waals surface area contributed by atoms with Gasteiger partial charge in [-0.15, -0.1) is 0 Å². The Bertz CT molecular complexity index is 3340. The fourth-order valence-electron chi connectivity index (χ4n) is 11.1. The third-order valence-corrected chi connectivity index (χ3v) is 18.9. The second kappa shape index (κ2) is 14.1. The van der Waals surface area contributed by atoms with E-state index in [0.29, 0.717) is 5.92 Å². The molecule has 4 aliphatic carbocycles. The van der Waals surface area contributed by atoms with Gasteiger partial charge in [0.2, 0.25) is 0 Å². The Kier molecular flexibility index (Phi) is 8.23. The van der Waals surface area contributed by atoms with Gasteiger partial charge in [-0.25, -0.2) is 0 Å². The Labute approximate surface area is 373 Å². The third kappa shape index (κ3) is 5.51. The molecule has 2 unspecified atom stereocenters. The summed E-state index contributed by atoms with van der Waals surface area (Å²) >= 11 is 6.61. The van der Waals surface area contributed by atoms with Crippen LogP contribution in [-0.4, -0.2) is 12.0 Å². The molecule has 0 spiro atoms. The number of anilines is 3. The van der Waals surface area contributed by atoms with Crippen LogP contribution in [0.3, 0.4) is 0 Å². The Balaban J connectivity index is 0.887. The predicted molar refractivity (Wildman–Crippen MR) is 268 cm³/mol. The SMILES string of the molecule is CN1c2ccc(CC3=CC=C4C=CC5=C6C(=CC=C3C46)CC=C5)cc2N2c3c(ccc4cc(-c5ccc(P(=S)(c6ccccc6)c6ccccc6)nc5)ccc34)-c3ccccc3C12. The molecular formula is C58H42N3PS. The molecule has 0 amide bonds. The Hall–Kier alpha value is -6.84. The van der Waals surface area contributed by atoms with Crippen LogP contribution in [0.2, 0.25) is 0 Å². The van der Waals surface area contributed by atoms with E-state index >= 15 is 0 Å². The first-order valence-corrected chi connectivity index (χ1v) is 24.7. The van der Waals surface area contributed by atoms with E-state index < -0.39 is 6.04 Å². The molecule has 63 heavy (non-hydrogen) atoms. The van der Waals surface area contributed by atoms with Crippen LogP contribution in [0.5, 0.6) is 0 Å². The highest BCUT2D eigenvalue weighted by molar-refractivity contribution is 8.25. The molecule has 3 nitrogen and oxygen atoms in total. The summed E-state index contributed by atoms with van der Waals surface area (Å²) in [6.07, 6.45) is 22.7. The maximum atomic E-state index is 6.61. The smallest absolute Gasteiger partial charge is 0.133 e. The van der Waals surface area contributed by atoms with Crippen LogP contribution in [0.4, 0.5) is 17.1 Å². The molecule has 0 bridgehead atoms. The van der Waals surface area contributed by atoms with Gasteiger partial charge in [-0.2, -0.15) is 0 Å². The lowest BCUT2D eigenvalue weighted by molar-refractivity contribution is 0.715. The predicted octanol–water partition coefficient (Wildman–Crippen LogP) is 12.6. The van der Waals surface area contributed by atoms with Gasteiger partial charge in [-0.05, 0) is 103 Å². The normalized spacial score (nSPS) is 18.7. The maximum absolute atomic E-state index is 6.61. The lowest BCUT2D eigenvalue weighted by atomic mass is 9.66. The molecule has 2 aliphatic heterocycles. The van der Waals surface area contributed by atoms with Crippen LogP contribution in [0.15, 0.2) is 234 Å². The van der Waals surface area contributed by atoms with E-state index in [-0.39, 0.29) is 6.17 Å². The van der Waals surface area contributed by atoms with Crippen molar-refractivity contribution in [3.63, 3.8) is 0 Å².